The summed E-state index contributed by atoms with van der Waals surface area (Å²) in [5.41, 5.74) is 0.216. The van der Waals surface area contributed by atoms with Crippen molar-refractivity contribution in [1.82, 2.24) is 14.9 Å². The van der Waals surface area contributed by atoms with Gasteiger partial charge in [-0.15, -0.1) is 0 Å². The van der Waals surface area contributed by atoms with E-state index in [4.69, 9.17) is 0 Å². The number of rotatable bonds is 1. The van der Waals surface area contributed by atoms with Gasteiger partial charge in [0.2, 0.25) is 5.95 Å². The van der Waals surface area contributed by atoms with Gasteiger partial charge in [-0.3, -0.25) is 0 Å². The summed E-state index contributed by atoms with van der Waals surface area (Å²) in [6.45, 7) is 8.14. The number of fused-ring (bicyclic) bond motifs is 1. The van der Waals surface area contributed by atoms with E-state index in [0.29, 0.717) is 0 Å². The molecule has 0 spiro atoms. The Morgan fingerprint density at radius 1 is 1.44 bits per heavy atom. The van der Waals surface area contributed by atoms with Crippen molar-refractivity contribution in [1.29, 1.82) is 0 Å². The molecule has 0 bridgehead atoms. The zero-order valence-corrected chi connectivity index (χ0v) is 10.3. The van der Waals surface area contributed by atoms with E-state index >= 15 is 0 Å². The number of hydrogen-bond donors (Lipinski definition) is 1. The van der Waals surface area contributed by atoms with Crippen molar-refractivity contribution in [2.45, 2.75) is 19.4 Å². The van der Waals surface area contributed by atoms with E-state index in [9.17, 15) is 0 Å². The highest BCUT2D eigenvalue weighted by Crippen LogP contribution is 2.42. The molecule has 16 heavy (non-hydrogen) atoms. The molecule has 2 unspecified atom stereocenters. The van der Waals surface area contributed by atoms with E-state index < -0.39 is 0 Å². The van der Waals surface area contributed by atoms with Gasteiger partial charge in [-0.05, 0) is 25.7 Å². The first-order valence-corrected chi connectivity index (χ1v) is 6.06. The summed E-state index contributed by atoms with van der Waals surface area (Å²) >= 11 is 0. The summed E-state index contributed by atoms with van der Waals surface area (Å²) in [5.74, 6) is 2.65. The van der Waals surface area contributed by atoms with Gasteiger partial charge in [0.25, 0.3) is 0 Å². The van der Waals surface area contributed by atoms with Crippen LogP contribution >= 0.6 is 0 Å². The van der Waals surface area contributed by atoms with Crippen LogP contribution in [0.2, 0.25) is 0 Å². The molecule has 2 fully saturated rings. The molecule has 2 aliphatic heterocycles. The van der Waals surface area contributed by atoms with Gasteiger partial charge >= 0.3 is 0 Å². The smallest absolute Gasteiger partial charge is 0.205 e. The summed E-state index contributed by atoms with van der Waals surface area (Å²) < 4.78 is 2.12. The summed E-state index contributed by atoms with van der Waals surface area (Å²) in [6, 6.07) is 0. The van der Waals surface area contributed by atoms with Crippen molar-refractivity contribution in [3.63, 3.8) is 0 Å². The maximum atomic E-state index is 4.49. The van der Waals surface area contributed by atoms with Crippen molar-refractivity contribution < 1.29 is 0 Å². The molecule has 2 saturated heterocycles. The minimum Gasteiger partial charge on any atom is -0.336 e. The minimum absolute atomic E-state index is 0.216. The van der Waals surface area contributed by atoms with E-state index in [1.165, 1.54) is 0 Å². The van der Waals surface area contributed by atoms with Crippen LogP contribution in [0.15, 0.2) is 12.4 Å². The van der Waals surface area contributed by atoms with E-state index in [2.05, 4.69) is 40.7 Å². The first-order valence-electron chi connectivity index (χ1n) is 6.06. The maximum Gasteiger partial charge on any atom is 0.205 e. The van der Waals surface area contributed by atoms with E-state index in [-0.39, 0.29) is 5.54 Å². The van der Waals surface area contributed by atoms with Gasteiger partial charge in [-0.25, -0.2) is 4.98 Å². The number of imidazole rings is 1. The lowest BCUT2D eigenvalue weighted by Crippen LogP contribution is -2.45. The molecule has 0 aliphatic carbocycles. The minimum atomic E-state index is 0.216. The highest BCUT2D eigenvalue weighted by atomic mass is 15.4. The largest absolute Gasteiger partial charge is 0.336 e. The fraction of sp³-hybridized carbons (Fsp3) is 0.750. The second-order valence-corrected chi connectivity index (χ2v) is 5.63. The second kappa shape index (κ2) is 3.23. The number of aromatic nitrogens is 2. The Morgan fingerprint density at radius 3 is 2.88 bits per heavy atom. The lowest BCUT2D eigenvalue weighted by molar-refractivity contribution is 0.354. The van der Waals surface area contributed by atoms with Gasteiger partial charge < -0.3 is 14.8 Å². The summed E-state index contributed by atoms with van der Waals surface area (Å²) in [6.07, 6.45) is 3.91. The summed E-state index contributed by atoms with van der Waals surface area (Å²) in [5, 5.41) is 3.51. The molecule has 2 atom stereocenters. The Balaban J connectivity index is 1.96. The molecule has 1 aromatic heterocycles. The van der Waals surface area contributed by atoms with Gasteiger partial charge in [0.05, 0.1) is 0 Å². The van der Waals surface area contributed by atoms with Crippen LogP contribution < -0.4 is 10.2 Å². The standard InChI is InChI=1S/C12H20N4/c1-12(2)10-7-13-6-9(10)8-16(12)11-14-4-5-15(11)3/h4-5,9-10,13H,6-8H2,1-3H3. The van der Waals surface area contributed by atoms with Gasteiger partial charge in [-0.2, -0.15) is 0 Å². The SMILES string of the molecule is Cn1ccnc1N1CC2CNCC2C1(C)C. The van der Waals surface area contributed by atoms with Crippen molar-refractivity contribution >= 4 is 5.95 Å². The number of aryl methyl sites for hydroxylation is 1. The summed E-state index contributed by atoms with van der Waals surface area (Å²) in [4.78, 5) is 6.96. The van der Waals surface area contributed by atoms with E-state index in [1.807, 2.05) is 12.4 Å². The molecule has 2 aliphatic rings. The normalized spacial score (nSPS) is 32.1. The molecule has 4 heteroatoms. The van der Waals surface area contributed by atoms with Crippen LogP contribution in [0.4, 0.5) is 5.95 Å². The third-order valence-corrected chi connectivity index (χ3v) is 4.40. The number of nitrogens with zero attached hydrogens (tertiary/aromatic N) is 3. The van der Waals surface area contributed by atoms with Crippen molar-refractivity contribution in [3.8, 4) is 0 Å². The molecule has 3 rings (SSSR count). The first-order chi connectivity index (χ1) is 7.60. The third-order valence-electron chi connectivity index (χ3n) is 4.40. The first kappa shape index (κ1) is 10.1. The van der Waals surface area contributed by atoms with Gasteiger partial charge in [-0.1, -0.05) is 0 Å². The fourth-order valence-electron chi connectivity index (χ4n) is 3.38. The molecule has 88 valence electrons. The molecule has 1 aromatic rings. The Labute approximate surface area is 96.7 Å². The highest BCUT2D eigenvalue weighted by molar-refractivity contribution is 5.40. The summed E-state index contributed by atoms with van der Waals surface area (Å²) in [7, 11) is 2.07. The van der Waals surface area contributed by atoms with Gasteiger partial charge in [0.15, 0.2) is 0 Å². The average Bonchev–Trinajstić information content (AvgIpc) is 2.85. The Hall–Kier alpha value is -1.03. The van der Waals surface area contributed by atoms with Gasteiger partial charge in [0, 0.05) is 44.6 Å². The molecular weight excluding hydrogens is 200 g/mol. The van der Waals surface area contributed by atoms with E-state index in [1.54, 1.807) is 0 Å². The van der Waals surface area contributed by atoms with Crippen molar-refractivity contribution in [2.75, 3.05) is 24.5 Å². The third kappa shape index (κ3) is 1.22. The molecule has 4 nitrogen and oxygen atoms in total. The van der Waals surface area contributed by atoms with E-state index in [0.717, 1.165) is 37.4 Å². The van der Waals surface area contributed by atoms with Crippen LogP contribution in [0.1, 0.15) is 13.8 Å². The van der Waals surface area contributed by atoms with Crippen LogP contribution in [0.25, 0.3) is 0 Å². The molecule has 0 amide bonds. The van der Waals surface area contributed by atoms with Crippen molar-refractivity contribution in [3.05, 3.63) is 12.4 Å². The molecule has 0 aromatic carbocycles. The zero-order chi connectivity index (χ0) is 11.3. The number of hydrogen-bond acceptors (Lipinski definition) is 3. The van der Waals surface area contributed by atoms with Crippen LogP contribution in [0.5, 0.6) is 0 Å². The fourth-order valence-corrected chi connectivity index (χ4v) is 3.38. The van der Waals surface area contributed by atoms with Gasteiger partial charge in [0.1, 0.15) is 0 Å². The monoisotopic (exact) mass is 220 g/mol. The Bertz CT molecular complexity index is 395. The number of anilines is 1. The number of nitrogens with one attached hydrogen (secondary N) is 1. The van der Waals surface area contributed by atoms with Crippen LogP contribution in [-0.2, 0) is 7.05 Å². The van der Waals surface area contributed by atoms with Crippen LogP contribution in [0, 0.1) is 11.8 Å². The molecular formula is C12H20N4. The lowest BCUT2D eigenvalue weighted by atomic mass is 9.85. The second-order valence-electron chi connectivity index (χ2n) is 5.63. The topological polar surface area (TPSA) is 33.1 Å². The lowest BCUT2D eigenvalue weighted by Gasteiger charge is -2.36. The van der Waals surface area contributed by atoms with Crippen molar-refractivity contribution in [2.24, 2.45) is 18.9 Å². The Morgan fingerprint density at radius 2 is 2.25 bits per heavy atom. The Kier molecular flexibility index (Phi) is 2.05. The molecule has 0 saturated carbocycles. The highest BCUT2D eigenvalue weighted by Gasteiger charge is 2.50. The zero-order valence-electron chi connectivity index (χ0n) is 10.3. The molecule has 3 heterocycles. The maximum absolute atomic E-state index is 4.49. The molecule has 0 radical (unpaired) electrons. The predicted molar refractivity (Wildman–Crippen MR) is 64.5 cm³/mol. The predicted octanol–water partition coefficient (Wildman–Crippen LogP) is 0.854. The average molecular weight is 220 g/mol. The quantitative estimate of drug-likeness (QED) is 0.762. The van der Waals surface area contributed by atoms with Crippen LogP contribution in [-0.4, -0.2) is 34.7 Å². The molecule has 1 N–H and O–H groups in total. The van der Waals surface area contributed by atoms with Crippen LogP contribution in [0.3, 0.4) is 0 Å².